The number of para-hydroxylation sites is 1. The van der Waals surface area contributed by atoms with Gasteiger partial charge >= 0.3 is 6.03 Å². The van der Waals surface area contributed by atoms with Crippen LogP contribution in [-0.4, -0.2) is 61.9 Å². The van der Waals surface area contributed by atoms with Gasteiger partial charge in [0, 0.05) is 57.3 Å². The Balaban J connectivity index is 1.37. The summed E-state index contributed by atoms with van der Waals surface area (Å²) in [6.45, 7) is 3.77. The highest BCUT2D eigenvalue weighted by atomic mass is 35.5. The normalized spacial score (nSPS) is 15.0. The van der Waals surface area contributed by atoms with Crippen LogP contribution in [0.15, 0.2) is 42.6 Å². The van der Waals surface area contributed by atoms with Crippen molar-refractivity contribution in [3.8, 4) is 5.88 Å². The Morgan fingerprint density at radius 1 is 1.16 bits per heavy atom. The van der Waals surface area contributed by atoms with Crippen LogP contribution in [0.25, 0.3) is 0 Å². The van der Waals surface area contributed by atoms with Crippen molar-refractivity contribution in [1.29, 1.82) is 0 Å². The summed E-state index contributed by atoms with van der Waals surface area (Å²) >= 11 is 12.6. The van der Waals surface area contributed by atoms with Gasteiger partial charge in [-0.3, -0.25) is 9.69 Å². The van der Waals surface area contributed by atoms with E-state index < -0.39 is 0 Å². The molecule has 3 aromatic rings. The molecule has 198 valence electrons. The second-order valence-electron chi connectivity index (χ2n) is 8.63. The Bertz CT molecular complexity index is 1350. The predicted octanol–water partition coefficient (Wildman–Crippen LogP) is 3.36. The molecule has 1 fully saturated rings. The van der Waals surface area contributed by atoms with Gasteiger partial charge in [-0.1, -0.05) is 29.3 Å². The summed E-state index contributed by atoms with van der Waals surface area (Å²) in [6, 6.07) is 10.6. The molecule has 2 aliphatic rings. The van der Waals surface area contributed by atoms with Gasteiger partial charge in [0.05, 0.1) is 15.7 Å². The highest BCUT2D eigenvalue weighted by molar-refractivity contribution is 6.40. The van der Waals surface area contributed by atoms with E-state index in [0.717, 1.165) is 43.1 Å². The number of nitrogens with zero attached hydrogens (tertiary/aromatic N) is 4. The number of anilines is 4. The van der Waals surface area contributed by atoms with E-state index in [2.05, 4.69) is 36.1 Å². The third-order valence-corrected chi connectivity index (χ3v) is 6.84. The maximum absolute atomic E-state index is 13.2. The molecular weight excluding hydrogens is 531 g/mol. The van der Waals surface area contributed by atoms with Crippen LogP contribution < -0.4 is 35.8 Å². The molecule has 1 aromatic heterocycles. The average Bonchev–Trinajstić information content (AvgIpc) is 2.93. The second-order valence-corrected chi connectivity index (χ2v) is 9.44. The van der Waals surface area contributed by atoms with E-state index in [1.165, 1.54) is 11.1 Å². The van der Waals surface area contributed by atoms with E-state index in [4.69, 9.17) is 27.9 Å². The first-order valence-electron chi connectivity index (χ1n) is 12.0. The second kappa shape index (κ2) is 11.3. The van der Waals surface area contributed by atoms with Crippen molar-refractivity contribution in [2.24, 2.45) is 0 Å². The van der Waals surface area contributed by atoms with Crippen molar-refractivity contribution in [3.63, 3.8) is 0 Å². The van der Waals surface area contributed by atoms with Crippen LogP contribution in [0, 0.1) is 0 Å². The SMILES string of the molecule is CNC(=O)NCc1cc(Nc2ncc3c(n2)OCN(c2c(Cl)cccc2Cl)C3=O)ccc1N1CCNCC1. The summed E-state index contributed by atoms with van der Waals surface area (Å²) in [5, 5.41) is 12.6. The molecule has 0 radical (unpaired) electrons. The maximum atomic E-state index is 13.2. The smallest absolute Gasteiger partial charge is 0.314 e. The highest BCUT2D eigenvalue weighted by Gasteiger charge is 2.31. The van der Waals surface area contributed by atoms with Crippen molar-refractivity contribution in [2.75, 3.05) is 55.1 Å². The number of piperazine rings is 1. The van der Waals surface area contributed by atoms with Crippen molar-refractivity contribution in [3.05, 3.63) is 63.8 Å². The number of aromatic nitrogens is 2. The molecule has 38 heavy (non-hydrogen) atoms. The molecule has 3 heterocycles. The fourth-order valence-electron chi connectivity index (χ4n) is 4.34. The zero-order chi connectivity index (χ0) is 26.6. The van der Waals surface area contributed by atoms with Gasteiger partial charge in [0.25, 0.3) is 5.91 Å². The largest absolute Gasteiger partial charge is 0.455 e. The lowest BCUT2D eigenvalue weighted by atomic mass is 10.1. The summed E-state index contributed by atoms with van der Waals surface area (Å²) < 4.78 is 5.78. The van der Waals surface area contributed by atoms with Crippen molar-refractivity contribution in [2.45, 2.75) is 6.54 Å². The van der Waals surface area contributed by atoms with Crippen LogP contribution >= 0.6 is 23.2 Å². The van der Waals surface area contributed by atoms with Crippen molar-refractivity contribution >= 4 is 58.2 Å². The molecule has 11 nitrogen and oxygen atoms in total. The van der Waals surface area contributed by atoms with Crippen LogP contribution in [0.3, 0.4) is 0 Å². The monoisotopic (exact) mass is 556 g/mol. The number of halogens is 2. The molecule has 0 aliphatic carbocycles. The topological polar surface area (TPSA) is 124 Å². The number of urea groups is 1. The predicted molar refractivity (Wildman–Crippen MR) is 147 cm³/mol. The number of carbonyl (C=O) groups is 2. The van der Waals surface area contributed by atoms with Crippen LogP contribution in [0.2, 0.25) is 10.0 Å². The molecule has 0 saturated carbocycles. The Hall–Kier alpha value is -3.80. The number of ether oxygens (including phenoxy) is 1. The summed E-state index contributed by atoms with van der Waals surface area (Å²) in [7, 11) is 1.58. The number of nitrogens with one attached hydrogen (secondary N) is 4. The molecular formula is C25H26Cl2N8O3. The fourth-order valence-corrected chi connectivity index (χ4v) is 4.94. The molecule has 5 rings (SSSR count). The van der Waals surface area contributed by atoms with Gasteiger partial charge in [-0.2, -0.15) is 4.98 Å². The van der Waals surface area contributed by atoms with E-state index in [1.54, 1.807) is 25.2 Å². The van der Waals surface area contributed by atoms with Crippen LogP contribution in [-0.2, 0) is 6.54 Å². The number of carbonyl (C=O) groups excluding carboxylic acids is 2. The molecule has 4 N–H and O–H groups in total. The number of amides is 3. The number of benzene rings is 2. The minimum atomic E-state index is -0.365. The summed E-state index contributed by atoms with van der Waals surface area (Å²) in [5.41, 5.74) is 3.28. The Morgan fingerprint density at radius 3 is 2.66 bits per heavy atom. The lowest BCUT2D eigenvalue weighted by Crippen LogP contribution is -2.44. The number of hydrogen-bond acceptors (Lipinski definition) is 8. The highest BCUT2D eigenvalue weighted by Crippen LogP contribution is 2.37. The third kappa shape index (κ3) is 5.40. The van der Waals surface area contributed by atoms with Crippen molar-refractivity contribution < 1.29 is 14.3 Å². The zero-order valence-corrected chi connectivity index (χ0v) is 22.1. The minimum Gasteiger partial charge on any atom is -0.455 e. The molecule has 0 atom stereocenters. The molecule has 0 unspecified atom stereocenters. The minimum absolute atomic E-state index is 0.0968. The molecule has 0 spiro atoms. The Labute approximate surface area is 229 Å². The summed E-state index contributed by atoms with van der Waals surface area (Å²) in [6.07, 6.45) is 1.41. The Kier molecular flexibility index (Phi) is 7.68. The number of hydrogen-bond donors (Lipinski definition) is 4. The van der Waals surface area contributed by atoms with E-state index in [1.807, 2.05) is 18.2 Å². The summed E-state index contributed by atoms with van der Waals surface area (Å²) in [5.74, 6) is 0.0579. The number of rotatable bonds is 6. The third-order valence-electron chi connectivity index (χ3n) is 6.23. The van der Waals surface area contributed by atoms with Crippen LogP contribution in [0.5, 0.6) is 5.88 Å². The summed E-state index contributed by atoms with van der Waals surface area (Å²) in [4.78, 5) is 37.3. The van der Waals surface area contributed by atoms with Gasteiger partial charge < -0.3 is 30.9 Å². The Morgan fingerprint density at radius 2 is 1.92 bits per heavy atom. The fraction of sp³-hybridized carbons (Fsp3) is 0.280. The van der Waals surface area contributed by atoms with Gasteiger partial charge in [0.15, 0.2) is 6.73 Å². The molecule has 13 heteroatoms. The van der Waals surface area contributed by atoms with Gasteiger partial charge in [-0.05, 0) is 35.9 Å². The lowest BCUT2D eigenvalue weighted by molar-refractivity contribution is 0.0932. The zero-order valence-electron chi connectivity index (χ0n) is 20.6. The maximum Gasteiger partial charge on any atom is 0.314 e. The van der Waals surface area contributed by atoms with Gasteiger partial charge in [-0.15, -0.1) is 0 Å². The van der Waals surface area contributed by atoms with Crippen molar-refractivity contribution in [1.82, 2.24) is 25.9 Å². The quantitative estimate of drug-likeness (QED) is 0.364. The number of fused-ring (bicyclic) bond motifs is 1. The first kappa shape index (κ1) is 25.8. The first-order valence-corrected chi connectivity index (χ1v) is 12.8. The average molecular weight is 557 g/mol. The van der Waals surface area contributed by atoms with E-state index >= 15 is 0 Å². The van der Waals surface area contributed by atoms with Gasteiger partial charge in [0.2, 0.25) is 11.8 Å². The van der Waals surface area contributed by atoms with E-state index in [0.29, 0.717) is 22.3 Å². The molecule has 2 aromatic carbocycles. The van der Waals surface area contributed by atoms with E-state index in [9.17, 15) is 9.59 Å². The molecule has 3 amide bonds. The molecule has 2 aliphatic heterocycles. The van der Waals surface area contributed by atoms with Crippen LogP contribution in [0.4, 0.5) is 27.8 Å². The van der Waals surface area contributed by atoms with Gasteiger partial charge in [-0.25, -0.2) is 9.78 Å². The van der Waals surface area contributed by atoms with E-state index in [-0.39, 0.29) is 36.1 Å². The molecule has 0 bridgehead atoms. The van der Waals surface area contributed by atoms with Gasteiger partial charge in [0.1, 0.15) is 5.56 Å². The lowest BCUT2D eigenvalue weighted by Gasteiger charge is -2.31. The molecule has 1 saturated heterocycles. The first-order chi connectivity index (χ1) is 18.4. The van der Waals surface area contributed by atoms with Crippen LogP contribution in [0.1, 0.15) is 15.9 Å². The standard InChI is InChI=1S/C25H26Cl2N8O3/c1-28-25(37)31-12-15-11-16(5-6-20(15)34-9-7-29-8-10-34)32-24-30-13-17-22(33-24)38-14-35(23(17)36)21-18(26)3-2-4-19(21)27/h2-6,11,13,29H,7-10,12,14H2,1H3,(H2,28,31,37)(H,30,32,33).